The average Bonchev–Trinajstić information content (AvgIpc) is 2.97. The van der Waals surface area contributed by atoms with Crippen molar-refractivity contribution in [3.8, 4) is 5.88 Å². The number of hydrogen-bond acceptors (Lipinski definition) is 6. The Morgan fingerprint density at radius 2 is 1.83 bits per heavy atom. The second kappa shape index (κ2) is 5.42. The van der Waals surface area contributed by atoms with Gasteiger partial charge in [-0.1, -0.05) is 0 Å². The molecule has 3 fully saturated rings. The number of aromatic nitrogens is 2. The highest BCUT2D eigenvalue weighted by atomic mass is 16.7. The van der Waals surface area contributed by atoms with Crippen LogP contribution in [0.5, 0.6) is 5.88 Å². The quantitative estimate of drug-likeness (QED) is 0.911. The highest BCUT2D eigenvalue weighted by Gasteiger charge is 2.52. The Labute approximate surface area is 133 Å². The van der Waals surface area contributed by atoms with E-state index in [0.29, 0.717) is 24.5 Å². The SMILES string of the molecule is O=C(O)c1ccc(OC2CC3(CCC4(CC3)OCCO4)C2)nn1. The molecule has 124 valence electrons. The summed E-state index contributed by atoms with van der Waals surface area (Å²) in [5.74, 6) is -1.00. The molecule has 2 saturated carbocycles. The summed E-state index contributed by atoms with van der Waals surface area (Å²) in [5.41, 5.74) is 0.274. The first kappa shape index (κ1) is 14.8. The first-order valence-corrected chi connectivity index (χ1v) is 8.10. The van der Waals surface area contributed by atoms with Gasteiger partial charge < -0.3 is 19.3 Å². The van der Waals surface area contributed by atoms with Gasteiger partial charge in [-0.3, -0.25) is 0 Å². The Kier molecular flexibility index (Phi) is 3.50. The standard InChI is InChI=1S/C16H20N2O5/c19-14(20)12-1-2-13(18-17-12)23-11-9-15(10-11)3-5-16(6-4-15)21-7-8-22-16/h1-2,11H,3-10H2,(H,19,20). The molecule has 0 unspecified atom stereocenters. The lowest BCUT2D eigenvalue weighted by molar-refractivity contribution is -0.205. The molecular weight excluding hydrogens is 300 g/mol. The van der Waals surface area contributed by atoms with Gasteiger partial charge in [0, 0.05) is 18.9 Å². The zero-order valence-electron chi connectivity index (χ0n) is 12.9. The predicted molar refractivity (Wildman–Crippen MR) is 78.2 cm³/mol. The first-order valence-electron chi connectivity index (χ1n) is 8.10. The van der Waals surface area contributed by atoms with Gasteiger partial charge in [-0.05, 0) is 37.2 Å². The molecule has 1 N–H and O–H groups in total. The molecule has 7 heteroatoms. The van der Waals surface area contributed by atoms with E-state index in [0.717, 1.165) is 38.5 Å². The molecule has 1 saturated heterocycles. The van der Waals surface area contributed by atoms with E-state index in [1.165, 1.54) is 6.07 Å². The van der Waals surface area contributed by atoms with Crippen LogP contribution < -0.4 is 4.74 Å². The summed E-state index contributed by atoms with van der Waals surface area (Å²) in [5, 5.41) is 16.3. The lowest BCUT2D eigenvalue weighted by atomic mass is 9.58. The third-order valence-electron chi connectivity index (χ3n) is 5.35. The Bertz CT molecular complexity index is 579. The van der Waals surface area contributed by atoms with Gasteiger partial charge in [-0.2, -0.15) is 0 Å². The maximum absolute atomic E-state index is 10.7. The van der Waals surface area contributed by atoms with E-state index >= 15 is 0 Å². The molecule has 0 radical (unpaired) electrons. The summed E-state index contributed by atoms with van der Waals surface area (Å²) < 4.78 is 17.4. The van der Waals surface area contributed by atoms with Crippen LogP contribution >= 0.6 is 0 Å². The van der Waals surface area contributed by atoms with Crippen molar-refractivity contribution in [1.82, 2.24) is 10.2 Å². The topological polar surface area (TPSA) is 90.8 Å². The van der Waals surface area contributed by atoms with Crippen LogP contribution in [0.4, 0.5) is 0 Å². The van der Waals surface area contributed by atoms with Crippen LogP contribution in [-0.2, 0) is 9.47 Å². The molecule has 1 aliphatic heterocycles. The molecule has 2 spiro atoms. The molecular formula is C16H20N2O5. The molecule has 1 aromatic rings. The molecule has 2 heterocycles. The van der Waals surface area contributed by atoms with Crippen molar-refractivity contribution in [2.24, 2.45) is 5.41 Å². The minimum atomic E-state index is -1.08. The monoisotopic (exact) mass is 320 g/mol. The molecule has 2 aliphatic carbocycles. The molecule has 0 amide bonds. The van der Waals surface area contributed by atoms with Gasteiger partial charge >= 0.3 is 5.97 Å². The number of aromatic carboxylic acids is 1. The van der Waals surface area contributed by atoms with E-state index in [4.69, 9.17) is 19.3 Å². The Balaban J connectivity index is 1.29. The number of carboxylic acids is 1. The summed E-state index contributed by atoms with van der Waals surface area (Å²) in [6, 6.07) is 2.98. The highest BCUT2D eigenvalue weighted by molar-refractivity contribution is 5.84. The molecule has 3 aliphatic rings. The van der Waals surface area contributed by atoms with Crippen molar-refractivity contribution in [3.63, 3.8) is 0 Å². The summed E-state index contributed by atoms with van der Waals surface area (Å²) in [7, 11) is 0. The van der Waals surface area contributed by atoms with Crippen molar-refractivity contribution < 1.29 is 24.1 Å². The molecule has 23 heavy (non-hydrogen) atoms. The Morgan fingerprint density at radius 3 is 2.39 bits per heavy atom. The third kappa shape index (κ3) is 2.79. The van der Waals surface area contributed by atoms with Crippen molar-refractivity contribution >= 4 is 5.97 Å². The fraction of sp³-hybridized carbons (Fsp3) is 0.688. The van der Waals surface area contributed by atoms with E-state index in [-0.39, 0.29) is 17.6 Å². The van der Waals surface area contributed by atoms with Gasteiger partial charge in [0.25, 0.3) is 0 Å². The summed E-state index contributed by atoms with van der Waals surface area (Å²) in [6.07, 6.45) is 6.29. The third-order valence-corrected chi connectivity index (χ3v) is 5.35. The molecule has 0 aromatic carbocycles. The van der Waals surface area contributed by atoms with Crippen LogP contribution in [0.1, 0.15) is 49.0 Å². The van der Waals surface area contributed by atoms with Gasteiger partial charge in [-0.25, -0.2) is 4.79 Å². The van der Waals surface area contributed by atoms with Crippen molar-refractivity contribution in [1.29, 1.82) is 0 Å². The van der Waals surface area contributed by atoms with Crippen LogP contribution in [0.15, 0.2) is 12.1 Å². The minimum Gasteiger partial charge on any atom is -0.476 e. The first-order chi connectivity index (χ1) is 11.1. The predicted octanol–water partition coefficient (Wildman–Crippen LogP) is 2.02. The summed E-state index contributed by atoms with van der Waals surface area (Å²) in [4.78, 5) is 10.7. The normalized spacial score (nSPS) is 25.4. The highest BCUT2D eigenvalue weighted by Crippen LogP contribution is 2.55. The fourth-order valence-electron chi connectivity index (χ4n) is 4.01. The lowest BCUT2D eigenvalue weighted by Gasteiger charge is -2.52. The molecule has 0 bridgehead atoms. The second-order valence-corrected chi connectivity index (χ2v) is 6.82. The number of nitrogens with zero attached hydrogens (tertiary/aromatic N) is 2. The zero-order valence-corrected chi connectivity index (χ0v) is 12.9. The van der Waals surface area contributed by atoms with E-state index in [1.54, 1.807) is 6.07 Å². The molecule has 1 aromatic heterocycles. The Hall–Kier alpha value is -1.73. The Morgan fingerprint density at radius 1 is 1.13 bits per heavy atom. The van der Waals surface area contributed by atoms with Crippen LogP contribution in [0.25, 0.3) is 0 Å². The van der Waals surface area contributed by atoms with E-state index in [9.17, 15) is 4.79 Å². The summed E-state index contributed by atoms with van der Waals surface area (Å²) >= 11 is 0. The number of carboxylic acid groups (broad SMARTS) is 1. The molecule has 0 atom stereocenters. The number of ether oxygens (including phenoxy) is 3. The lowest BCUT2D eigenvalue weighted by Crippen LogP contribution is -2.50. The largest absolute Gasteiger partial charge is 0.476 e. The van der Waals surface area contributed by atoms with Gasteiger partial charge in [-0.15, -0.1) is 10.2 Å². The number of rotatable bonds is 3. The van der Waals surface area contributed by atoms with Crippen LogP contribution in [0, 0.1) is 5.41 Å². The maximum Gasteiger partial charge on any atom is 0.356 e. The zero-order chi connectivity index (χ0) is 15.9. The van der Waals surface area contributed by atoms with Crippen LogP contribution in [0.3, 0.4) is 0 Å². The van der Waals surface area contributed by atoms with Gasteiger partial charge in [0.2, 0.25) is 5.88 Å². The summed E-state index contributed by atoms with van der Waals surface area (Å²) in [6.45, 7) is 1.42. The molecule has 4 rings (SSSR count). The average molecular weight is 320 g/mol. The van der Waals surface area contributed by atoms with Crippen molar-refractivity contribution in [2.45, 2.75) is 50.4 Å². The fourth-order valence-corrected chi connectivity index (χ4v) is 4.01. The number of carbonyl (C=O) groups is 1. The minimum absolute atomic E-state index is 0.0726. The van der Waals surface area contributed by atoms with Gasteiger partial charge in [0.05, 0.1) is 13.2 Å². The van der Waals surface area contributed by atoms with Gasteiger partial charge in [0.15, 0.2) is 11.5 Å². The van der Waals surface area contributed by atoms with E-state index in [1.807, 2.05) is 0 Å². The van der Waals surface area contributed by atoms with Crippen molar-refractivity contribution in [3.05, 3.63) is 17.8 Å². The van der Waals surface area contributed by atoms with Crippen molar-refractivity contribution in [2.75, 3.05) is 13.2 Å². The number of hydrogen-bond donors (Lipinski definition) is 1. The van der Waals surface area contributed by atoms with E-state index < -0.39 is 5.97 Å². The van der Waals surface area contributed by atoms with Crippen LogP contribution in [0.2, 0.25) is 0 Å². The smallest absolute Gasteiger partial charge is 0.356 e. The second-order valence-electron chi connectivity index (χ2n) is 6.82. The van der Waals surface area contributed by atoms with Crippen LogP contribution in [-0.4, -0.2) is 46.4 Å². The molecule has 7 nitrogen and oxygen atoms in total. The maximum atomic E-state index is 10.7. The van der Waals surface area contributed by atoms with Gasteiger partial charge in [0.1, 0.15) is 6.10 Å². The van der Waals surface area contributed by atoms with E-state index in [2.05, 4.69) is 10.2 Å².